The maximum Gasteiger partial charge on any atom is 0.274 e. The number of hydrogen-bond donors (Lipinski definition) is 0. The van der Waals surface area contributed by atoms with E-state index in [4.69, 9.17) is 39.5 Å². The summed E-state index contributed by atoms with van der Waals surface area (Å²) in [5, 5.41) is 6.15. The predicted octanol–water partition coefficient (Wildman–Crippen LogP) is 4.97. The quantitative estimate of drug-likeness (QED) is 0.582. The van der Waals surface area contributed by atoms with Crippen LogP contribution >= 0.6 is 34.8 Å². The van der Waals surface area contributed by atoms with E-state index in [1.165, 1.54) is 0 Å². The van der Waals surface area contributed by atoms with Gasteiger partial charge in [0.25, 0.3) is 5.91 Å². The average molecular weight is 437 g/mol. The van der Waals surface area contributed by atoms with Gasteiger partial charge in [0, 0.05) is 28.7 Å². The van der Waals surface area contributed by atoms with Crippen molar-refractivity contribution in [3.8, 4) is 16.9 Å². The van der Waals surface area contributed by atoms with Gasteiger partial charge in [-0.2, -0.15) is 5.10 Å². The molecule has 0 N–H and O–H groups in total. The first-order valence-corrected chi connectivity index (χ1v) is 9.85. The van der Waals surface area contributed by atoms with Gasteiger partial charge in [-0.1, -0.05) is 40.9 Å². The van der Waals surface area contributed by atoms with E-state index in [1.54, 1.807) is 39.9 Å². The van der Waals surface area contributed by atoms with Crippen LogP contribution < -0.4 is 0 Å². The third-order valence-electron chi connectivity index (χ3n) is 4.49. The summed E-state index contributed by atoms with van der Waals surface area (Å²) in [5.41, 5.74) is 2.47. The van der Waals surface area contributed by atoms with Gasteiger partial charge in [0.05, 0.1) is 29.6 Å². The number of carbonyl (C=O) groups excluding carboxylic acids is 1. The summed E-state index contributed by atoms with van der Waals surface area (Å²) >= 11 is 18.6. The van der Waals surface area contributed by atoms with E-state index in [1.807, 2.05) is 18.2 Å². The van der Waals surface area contributed by atoms with Crippen LogP contribution in [0.1, 0.15) is 10.5 Å². The molecule has 8 heteroatoms. The lowest BCUT2D eigenvalue weighted by atomic mass is 10.1. The second kappa shape index (κ2) is 8.13. The molecule has 28 heavy (non-hydrogen) atoms. The zero-order valence-electron chi connectivity index (χ0n) is 14.7. The maximum absolute atomic E-state index is 12.9. The number of amides is 1. The Labute approximate surface area is 177 Å². The van der Waals surface area contributed by atoms with Gasteiger partial charge >= 0.3 is 0 Å². The topological polar surface area (TPSA) is 47.4 Å². The average Bonchev–Trinajstić information content (AvgIpc) is 3.13. The van der Waals surface area contributed by atoms with Gasteiger partial charge in [0.1, 0.15) is 0 Å². The number of rotatable bonds is 3. The minimum absolute atomic E-state index is 0.143. The van der Waals surface area contributed by atoms with Crippen LogP contribution in [0.25, 0.3) is 16.9 Å². The second-order valence-corrected chi connectivity index (χ2v) is 7.62. The van der Waals surface area contributed by atoms with Crippen LogP contribution in [-0.2, 0) is 4.74 Å². The normalized spacial score (nSPS) is 14.3. The molecule has 0 aliphatic carbocycles. The highest BCUT2D eigenvalue weighted by Crippen LogP contribution is 2.33. The number of carbonyl (C=O) groups is 1. The van der Waals surface area contributed by atoms with Crippen LogP contribution in [0.4, 0.5) is 0 Å². The summed E-state index contributed by atoms with van der Waals surface area (Å²) in [6.07, 6.45) is 0. The summed E-state index contributed by atoms with van der Waals surface area (Å²) in [6.45, 7) is 2.13. The fourth-order valence-electron chi connectivity index (χ4n) is 3.11. The van der Waals surface area contributed by atoms with Crippen molar-refractivity contribution in [1.29, 1.82) is 0 Å². The summed E-state index contributed by atoms with van der Waals surface area (Å²) in [4.78, 5) is 14.7. The molecule has 2 heterocycles. The van der Waals surface area contributed by atoms with E-state index in [9.17, 15) is 4.79 Å². The SMILES string of the molecule is O=C(c1cc(-c2ccc(Cl)cc2Cl)n(-c2cccc(Cl)c2)n1)N1CCOCC1. The van der Waals surface area contributed by atoms with Gasteiger partial charge in [0.2, 0.25) is 0 Å². The van der Waals surface area contributed by atoms with Gasteiger partial charge in [-0.25, -0.2) is 4.68 Å². The molecule has 0 unspecified atom stereocenters. The first-order chi connectivity index (χ1) is 13.5. The summed E-state index contributed by atoms with van der Waals surface area (Å²) in [5.74, 6) is -0.143. The molecule has 0 saturated carbocycles. The molecule has 4 rings (SSSR count). The monoisotopic (exact) mass is 435 g/mol. The lowest BCUT2D eigenvalue weighted by Crippen LogP contribution is -2.40. The largest absolute Gasteiger partial charge is 0.378 e. The molecule has 1 saturated heterocycles. The fourth-order valence-corrected chi connectivity index (χ4v) is 3.80. The number of nitrogens with zero attached hydrogens (tertiary/aromatic N) is 3. The number of halogens is 3. The predicted molar refractivity (Wildman–Crippen MR) is 111 cm³/mol. The summed E-state index contributed by atoms with van der Waals surface area (Å²) < 4.78 is 7.00. The molecule has 3 aromatic rings. The lowest BCUT2D eigenvalue weighted by molar-refractivity contribution is 0.0298. The van der Waals surface area contributed by atoms with E-state index in [0.29, 0.717) is 52.8 Å². The Morgan fingerprint density at radius 3 is 2.43 bits per heavy atom. The molecule has 1 aliphatic heterocycles. The zero-order valence-corrected chi connectivity index (χ0v) is 17.0. The van der Waals surface area contributed by atoms with Gasteiger partial charge in [-0.3, -0.25) is 4.79 Å². The van der Waals surface area contributed by atoms with Crippen molar-refractivity contribution in [2.75, 3.05) is 26.3 Å². The molecule has 1 aromatic heterocycles. The molecule has 1 fully saturated rings. The highest BCUT2D eigenvalue weighted by atomic mass is 35.5. The van der Waals surface area contributed by atoms with E-state index in [0.717, 1.165) is 11.3 Å². The van der Waals surface area contributed by atoms with E-state index in [-0.39, 0.29) is 5.91 Å². The van der Waals surface area contributed by atoms with Crippen LogP contribution in [0, 0.1) is 0 Å². The molecular weight excluding hydrogens is 421 g/mol. The molecule has 0 bridgehead atoms. The smallest absolute Gasteiger partial charge is 0.274 e. The molecule has 1 amide bonds. The Kier molecular flexibility index (Phi) is 5.60. The van der Waals surface area contributed by atoms with E-state index in [2.05, 4.69) is 5.10 Å². The minimum Gasteiger partial charge on any atom is -0.378 e. The van der Waals surface area contributed by atoms with Crippen LogP contribution in [0.2, 0.25) is 15.1 Å². The molecule has 0 radical (unpaired) electrons. The van der Waals surface area contributed by atoms with E-state index < -0.39 is 0 Å². The molecule has 2 aromatic carbocycles. The van der Waals surface area contributed by atoms with Crippen molar-refractivity contribution in [1.82, 2.24) is 14.7 Å². The van der Waals surface area contributed by atoms with Gasteiger partial charge in [-0.15, -0.1) is 0 Å². The number of aromatic nitrogens is 2. The highest BCUT2D eigenvalue weighted by Gasteiger charge is 2.24. The van der Waals surface area contributed by atoms with E-state index >= 15 is 0 Å². The van der Waals surface area contributed by atoms with Crippen molar-refractivity contribution in [3.05, 3.63) is 69.3 Å². The van der Waals surface area contributed by atoms with Crippen molar-refractivity contribution in [2.45, 2.75) is 0 Å². The van der Waals surface area contributed by atoms with Crippen LogP contribution in [0.5, 0.6) is 0 Å². The molecule has 5 nitrogen and oxygen atoms in total. The van der Waals surface area contributed by atoms with Gasteiger partial charge in [0.15, 0.2) is 5.69 Å². The highest BCUT2D eigenvalue weighted by molar-refractivity contribution is 6.36. The van der Waals surface area contributed by atoms with Crippen molar-refractivity contribution < 1.29 is 9.53 Å². The Bertz CT molecular complexity index is 1030. The Morgan fingerprint density at radius 2 is 1.71 bits per heavy atom. The number of ether oxygens (including phenoxy) is 1. The number of morpholine rings is 1. The Morgan fingerprint density at radius 1 is 0.964 bits per heavy atom. The molecule has 144 valence electrons. The summed E-state index contributed by atoms with van der Waals surface area (Å²) in [6, 6.07) is 14.2. The van der Waals surface area contributed by atoms with Crippen molar-refractivity contribution in [2.24, 2.45) is 0 Å². The molecule has 1 aliphatic rings. The minimum atomic E-state index is -0.143. The summed E-state index contributed by atoms with van der Waals surface area (Å²) in [7, 11) is 0. The Hall–Kier alpha value is -2.05. The number of hydrogen-bond acceptors (Lipinski definition) is 3. The first kappa shape index (κ1) is 19.3. The fraction of sp³-hybridized carbons (Fsp3) is 0.200. The lowest BCUT2D eigenvalue weighted by Gasteiger charge is -2.25. The third kappa shape index (κ3) is 3.89. The maximum atomic E-state index is 12.9. The molecular formula is C20H16Cl3N3O2. The van der Waals surface area contributed by atoms with Crippen LogP contribution in [-0.4, -0.2) is 46.9 Å². The second-order valence-electron chi connectivity index (χ2n) is 6.34. The molecule has 0 atom stereocenters. The number of benzene rings is 2. The first-order valence-electron chi connectivity index (χ1n) is 8.71. The standard InChI is InChI=1S/C20H16Cl3N3O2/c21-13-2-1-3-15(10-13)26-19(16-5-4-14(22)11-17(16)23)12-18(24-26)20(27)25-6-8-28-9-7-25/h1-5,10-12H,6-9H2. The van der Waals surface area contributed by atoms with Gasteiger partial charge in [-0.05, 0) is 42.5 Å². The van der Waals surface area contributed by atoms with Crippen LogP contribution in [0.3, 0.4) is 0 Å². The molecule has 0 spiro atoms. The van der Waals surface area contributed by atoms with Crippen LogP contribution in [0.15, 0.2) is 48.5 Å². The van der Waals surface area contributed by atoms with Crippen molar-refractivity contribution >= 4 is 40.7 Å². The van der Waals surface area contributed by atoms with Crippen molar-refractivity contribution in [3.63, 3.8) is 0 Å². The Balaban J connectivity index is 1.83. The van der Waals surface area contributed by atoms with Gasteiger partial charge < -0.3 is 9.64 Å². The zero-order chi connectivity index (χ0) is 19.7. The third-order valence-corrected chi connectivity index (χ3v) is 5.27.